The topological polar surface area (TPSA) is 113 Å². The Morgan fingerprint density at radius 1 is 1.53 bits per heavy atom. The maximum atomic E-state index is 10.5. The molecule has 0 aromatic carbocycles. The fourth-order valence-electron chi connectivity index (χ4n) is 1.41. The third-order valence-corrected chi connectivity index (χ3v) is 2.04. The van der Waals surface area contributed by atoms with Crippen molar-refractivity contribution in [3.05, 3.63) is 40.0 Å². The number of nitro groups is 1. The second kappa shape index (κ2) is 4.16. The molecule has 0 radical (unpaired) electrons. The second-order valence-electron chi connectivity index (χ2n) is 3.48. The van der Waals surface area contributed by atoms with Gasteiger partial charge < -0.3 is 15.8 Å². The lowest BCUT2D eigenvalue weighted by atomic mass is 10.4. The fraction of sp³-hybridized carbons (Fsp3) is 0.222. The van der Waals surface area contributed by atoms with Crippen molar-refractivity contribution >= 4 is 11.6 Å². The summed E-state index contributed by atoms with van der Waals surface area (Å²) in [5.74, 6) is 0.639. The summed E-state index contributed by atoms with van der Waals surface area (Å²) in [7, 11) is 0. The zero-order valence-electron chi connectivity index (χ0n) is 9.07. The van der Waals surface area contributed by atoms with Gasteiger partial charge in [-0.1, -0.05) is 0 Å². The normalized spacial score (nSPS) is 10.4. The number of aromatic nitrogens is 4. The van der Waals surface area contributed by atoms with Gasteiger partial charge in [-0.05, 0) is 11.8 Å². The van der Waals surface area contributed by atoms with Gasteiger partial charge in [-0.15, -0.1) is 0 Å². The minimum Gasteiger partial charge on any atom is -0.384 e. The van der Waals surface area contributed by atoms with E-state index in [4.69, 9.17) is 5.73 Å². The van der Waals surface area contributed by atoms with Crippen molar-refractivity contribution in [3.63, 3.8) is 0 Å². The molecule has 0 aliphatic heterocycles. The maximum absolute atomic E-state index is 10.5. The number of nitrogens with zero attached hydrogens (tertiary/aromatic N) is 5. The molecule has 2 N–H and O–H groups in total. The summed E-state index contributed by atoms with van der Waals surface area (Å²) in [6, 6.07) is 2.97. The van der Waals surface area contributed by atoms with Crippen LogP contribution >= 0.6 is 0 Å². The van der Waals surface area contributed by atoms with Gasteiger partial charge in [0.1, 0.15) is 12.4 Å². The molecular formula is C9H10N6O2. The first kappa shape index (κ1) is 11.0. The monoisotopic (exact) mass is 234 g/mol. The van der Waals surface area contributed by atoms with Gasteiger partial charge >= 0.3 is 5.82 Å². The Hall–Kier alpha value is -2.51. The first-order valence-corrected chi connectivity index (χ1v) is 4.82. The first-order chi connectivity index (χ1) is 8.04. The van der Waals surface area contributed by atoms with Gasteiger partial charge in [0.2, 0.25) is 0 Å². The SMILES string of the molecule is Cc1cc(N)nc(Cn2ccc([N+](=O)[O-])n2)n1. The van der Waals surface area contributed by atoms with E-state index in [1.807, 2.05) is 0 Å². The lowest BCUT2D eigenvalue weighted by Gasteiger charge is -2.00. The highest BCUT2D eigenvalue weighted by Crippen LogP contribution is 2.07. The molecule has 2 aromatic heterocycles. The molecule has 8 nitrogen and oxygen atoms in total. The van der Waals surface area contributed by atoms with E-state index < -0.39 is 4.92 Å². The Kier molecular flexibility index (Phi) is 2.69. The number of hydrogen-bond acceptors (Lipinski definition) is 6. The summed E-state index contributed by atoms with van der Waals surface area (Å²) >= 11 is 0. The van der Waals surface area contributed by atoms with Crippen molar-refractivity contribution in [2.24, 2.45) is 0 Å². The van der Waals surface area contributed by atoms with E-state index in [2.05, 4.69) is 15.1 Å². The molecule has 2 rings (SSSR count). The number of nitrogen functional groups attached to an aromatic ring is 1. The Labute approximate surface area is 96.3 Å². The van der Waals surface area contributed by atoms with Gasteiger partial charge in [0.15, 0.2) is 5.82 Å². The predicted molar refractivity (Wildman–Crippen MR) is 59.2 cm³/mol. The van der Waals surface area contributed by atoms with E-state index in [0.717, 1.165) is 5.69 Å². The van der Waals surface area contributed by atoms with Crippen molar-refractivity contribution in [2.75, 3.05) is 5.73 Å². The van der Waals surface area contributed by atoms with Crippen LogP contribution in [0.3, 0.4) is 0 Å². The zero-order valence-corrected chi connectivity index (χ0v) is 9.07. The van der Waals surface area contributed by atoms with Crippen LogP contribution in [0.25, 0.3) is 0 Å². The number of nitrogens with two attached hydrogens (primary N) is 1. The summed E-state index contributed by atoms with van der Waals surface area (Å²) in [6.45, 7) is 2.05. The number of hydrogen-bond donors (Lipinski definition) is 1. The van der Waals surface area contributed by atoms with Crippen LogP contribution in [0.4, 0.5) is 11.6 Å². The van der Waals surface area contributed by atoms with Crippen molar-refractivity contribution in [2.45, 2.75) is 13.5 Å². The largest absolute Gasteiger partial charge is 0.389 e. The van der Waals surface area contributed by atoms with Gasteiger partial charge in [-0.25, -0.2) is 9.97 Å². The van der Waals surface area contributed by atoms with E-state index in [1.165, 1.54) is 16.9 Å². The highest BCUT2D eigenvalue weighted by molar-refractivity contribution is 5.29. The van der Waals surface area contributed by atoms with E-state index in [0.29, 0.717) is 11.6 Å². The summed E-state index contributed by atoms with van der Waals surface area (Å²) in [5, 5.41) is 14.2. The quantitative estimate of drug-likeness (QED) is 0.611. The molecule has 0 aliphatic carbocycles. The standard InChI is InChI=1S/C9H10N6O2/c1-6-4-7(10)12-8(11-6)5-14-3-2-9(13-14)15(16)17/h2-4H,5H2,1H3,(H2,10,11,12). The second-order valence-corrected chi connectivity index (χ2v) is 3.48. The molecular weight excluding hydrogens is 224 g/mol. The maximum Gasteiger partial charge on any atom is 0.389 e. The van der Waals surface area contributed by atoms with E-state index in [9.17, 15) is 10.1 Å². The molecule has 0 amide bonds. The zero-order chi connectivity index (χ0) is 12.4. The average Bonchev–Trinajstić information content (AvgIpc) is 2.64. The van der Waals surface area contributed by atoms with Crippen molar-refractivity contribution in [1.29, 1.82) is 0 Å². The van der Waals surface area contributed by atoms with Crippen molar-refractivity contribution in [3.8, 4) is 0 Å². The first-order valence-electron chi connectivity index (χ1n) is 4.82. The van der Waals surface area contributed by atoms with E-state index >= 15 is 0 Å². The summed E-state index contributed by atoms with van der Waals surface area (Å²) in [4.78, 5) is 18.1. The molecule has 2 aromatic rings. The third kappa shape index (κ3) is 2.54. The summed E-state index contributed by atoms with van der Waals surface area (Å²) < 4.78 is 1.40. The minimum absolute atomic E-state index is 0.203. The summed E-state index contributed by atoms with van der Waals surface area (Å²) in [6.07, 6.45) is 1.50. The number of rotatable bonds is 3. The number of aryl methyl sites for hydroxylation is 1. The van der Waals surface area contributed by atoms with Crippen molar-refractivity contribution < 1.29 is 4.92 Å². The smallest absolute Gasteiger partial charge is 0.384 e. The van der Waals surface area contributed by atoms with Gasteiger partial charge in [-0.2, -0.15) is 4.68 Å². The fourth-order valence-corrected chi connectivity index (χ4v) is 1.41. The van der Waals surface area contributed by atoms with Crippen LogP contribution in [0.5, 0.6) is 0 Å². The van der Waals surface area contributed by atoms with E-state index in [-0.39, 0.29) is 12.4 Å². The van der Waals surface area contributed by atoms with Crippen molar-refractivity contribution in [1.82, 2.24) is 19.7 Å². The van der Waals surface area contributed by atoms with Crippen LogP contribution in [0.15, 0.2) is 18.3 Å². The van der Waals surface area contributed by atoms with Gasteiger partial charge in [-0.3, -0.25) is 0 Å². The van der Waals surface area contributed by atoms with Gasteiger partial charge in [0, 0.05) is 11.8 Å². The minimum atomic E-state index is -0.554. The van der Waals surface area contributed by atoms with Crippen LogP contribution in [0, 0.1) is 17.0 Å². The molecule has 0 unspecified atom stereocenters. The molecule has 0 bridgehead atoms. The lowest BCUT2D eigenvalue weighted by molar-refractivity contribution is -0.389. The van der Waals surface area contributed by atoms with Gasteiger partial charge in [0.05, 0.1) is 17.4 Å². The van der Waals surface area contributed by atoms with Crippen LogP contribution in [-0.4, -0.2) is 24.7 Å². The van der Waals surface area contributed by atoms with Crippen LogP contribution in [-0.2, 0) is 6.54 Å². The van der Waals surface area contributed by atoms with Crippen LogP contribution in [0.1, 0.15) is 11.5 Å². The molecule has 0 fully saturated rings. The Balaban J connectivity index is 2.22. The van der Waals surface area contributed by atoms with Gasteiger partial charge in [0.25, 0.3) is 0 Å². The molecule has 88 valence electrons. The Morgan fingerprint density at radius 2 is 2.29 bits per heavy atom. The molecule has 17 heavy (non-hydrogen) atoms. The lowest BCUT2D eigenvalue weighted by Crippen LogP contribution is -2.07. The molecule has 2 heterocycles. The molecule has 8 heteroatoms. The molecule has 0 atom stereocenters. The molecule has 0 saturated heterocycles. The molecule has 0 spiro atoms. The summed E-state index contributed by atoms with van der Waals surface area (Å²) in [5.41, 5.74) is 6.32. The number of anilines is 1. The molecule has 0 aliphatic rings. The Morgan fingerprint density at radius 3 is 2.88 bits per heavy atom. The molecule has 0 saturated carbocycles. The third-order valence-electron chi connectivity index (χ3n) is 2.04. The van der Waals surface area contributed by atoms with Crippen LogP contribution in [0.2, 0.25) is 0 Å². The average molecular weight is 234 g/mol. The highest BCUT2D eigenvalue weighted by atomic mass is 16.6. The highest BCUT2D eigenvalue weighted by Gasteiger charge is 2.12. The van der Waals surface area contributed by atoms with Crippen LogP contribution < -0.4 is 5.73 Å². The predicted octanol–water partition coefficient (Wildman–Crippen LogP) is 0.520. The Bertz CT molecular complexity index is 544. The van der Waals surface area contributed by atoms with E-state index in [1.54, 1.807) is 13.0 Å².